The molecular weight excluding hydrogens is 283 g/mol. The molecule has 0 radical (unpaired) electrons. The van der Waals surface area contributed by atoms with Gasteiger partial charge in [-0.2, -0.15) is 0 Å². The predicted molar refractivity (Wildman–Crippen MR) is 82.3 cm³/mol. The van der Waals surface area contributed by atoms with Gasteiger partial charge in [0, 0.05) is 24.8 Å². The molecule has 1 saturated heterocycles. The van der Waals surface area contributed by atoms with E-state index in [-0.39, 0.29) is 5.82 Å². The van der Waals surface area contributed by atoms with Crippen molar-refractivity contribution in [2.24, 2.45) is 0 Å². The maximum absolute atomic E-state index is 13.2. The van der Waals surface area contributed by atoms with E-state index in [1.165, 1.54) is 12.1 Å². The number of nitrogens with zero attached hydrogens (tertiary/aromatic N) is 3. The second kappa shape index (κ2) is 5.38. The van der Waals surface area contributed by atoms with Crippen molar-refractivity contribution in [1.29, 1.82) is 0 Å². The molecule has 0 aliphatic carbocycles. The molecule has 5 nitrogen and oxygen atoms in total. The Morgan fingerprint density at radius 2 is 2.00 bits per heavy atom. The number of hydrogen-bond acceptors (Lipinski definition) is 4. The quantitative estimate of drug-likeness (QED) is 0.790. The maximum Gasteiger partial charge on any atom is 0.140 e. The number of H-pyrrole nitrogens is 1. The van der Waals surface area contributed by atoms with Crippen LogP contribution in [-0.4, -0.2) is 41.3 Å². The molecule has 0 amide bonds. The minimum atomic E-state index is -0.275. The number of rotatable bonds is 2. The summed E-state index contributed by atoms with van der Waals surface area (Å²) < 4.78 is 18.6. The first-order chi connectivity index (χ1) is 10.8. The minimum absolute atomic E-state index is 0.275. The molecule has 3 heterocycles. The summed E-state index contributed by atoms with van der Waals surface area (Å²) in [6, 6.07) is 8.48. The van der Waals surface area contributed by atoms with Gasteiger partial charge in [-0.1, -0.05) is 0 Å². The van der Waals surface area contributed by atoms with Crippen LogP contribution < -0.4 is 4.90 Å². The van der Waals surface area contributed by atoms with E-state index in [9.17, 15) is 4.39 Å². The molecule has 0 saturated carbocycles. The minimum Gasteiger partial charge on any atom is -0.378 e. The van der Waals surface area contributed by atoms with Crippen molar-refractivity contribution >= 4 is 16.9 Å². The maximum atomic E-state index is 13.2. The molecule has 3 aromatic rings. The third kappa shape index (κ3) is 2.42. The molecule has 2 aromatic heterocycles. The number of aromatic nitrogens is 3. The second-order valence-corrected chi connectivity index (χ2v) is 5.25. The third-order valence-electron chi connectivity index (χ3n) is 3.80. The number of ether oxygens (including phenoxy) is 1. The monoisotopic (exact) mass is 298 g/mol. The van der Waals surface area contributed by atoms with Gasteiger partial charge in [0.1, 0.15) is 17.5 Å². The highest BCUT2D eigenvalue weighted by Gasteiger charge is 2.13. The van der Waals surface area contributed by atoms with E-state index < -0.39 is 0 Å². The molecule has 0 bridgehead atoms. The lowest BCUT2D eigenvalue weighted by Crippen LogP contribution is -2.36. The molecule has 0 unspecified atom stereocenters. The van der Waals surface area contributed by atoms with Gasteiger partial charge in [-0.05, 0) is 30.3 Å². The van der Waals surface area contributed by atoms with Gasteiger partial charge in [0.25, 0.3) is 0 Å². The predicted octanol–water partition coefficient (Wildman–Crippen LogP) is 2.60. The van der Waals surface area contributed by atoms with Gasteiger partial charge >= 0.3 is 0 Å². The van der Waals surface area contributed by atoms with Crippen molar-refractivity contribution in [1.82, 2.24) is 15.0 Å². The van der Waals surface area contributed by atoms with E-state index in [2.05, 4.69) is 19.9 Å². The summed E-state index contributed by atoms with van der Waals surface area (Å²) in [6.45, 7) is 3.18. The summed E-state index contributed by atoms with van der Waals surface area (Å²) >= 11 is 0. The molecule has 4 rings (SSSR count). The van der Waals surface area contributed by atoms with Crippen LogP contribution in [-0.2, 0) is 4.74 Å². The highest BCUT2D eigenvalue weighted by atomic mass is 19.1. The van der Waals surface area contributed by atoms with Gasteiger partial charge in [0.2, 0.25) is 0 Å². The number of aromatic amines is 1. The van der Waals surface area contributed by atoms with E-state index in [0.717, 1.165) is 43.2 Å². The highest BCUT2D eigenvalue weighted by molar-refractivity contribution is 5.79. The third-order valence-corrected chi connectivity index (χ3v) is 3.80. The molecule has 1 N–H and O–H groups in total. The van der Waals surface area contributed by atoms with Crippen molar-refractivity contribution in [3.8, 4) is 11.4 Å². The molecule has 1 aliphatic heterocycles. The van der Waals surface area contributed by atoms with Gasteiger partial charge in [0.15, 0.2) is 0 Å². The number of morpholine rings is 1. The molecule has 22 heavy (non-hydrogen) atoms. The molecule has 0 spiro atoms. The standard InChI is InChI=1S/C16H15FN4O/c17-12-2-3-13-14(9-12)20-16(19-13)11-1-4-15(18-10-11)21-5-7-22-8-6-21/h1-4,9-10H,5-8H2,(H,19,20). The van der Waals surface area contributed by atoms with Crippen LogP contribution in [0, 0.1) is 5.82 Å². The number of halogens is 1. The molecule has 112 valence electrons. The molecule has 0 atom stereocenters. The van der Waals surface area contributed by atoms with Crippen LogP contribution in [0.1, 0.15) is 0 Å². The van der Waals surface area contributed by atoms with Gasteiger partial charge in [-0.15, -0.1) is 0 Å². The molecule has 1 aliphatic rings. The number of nitrogens with one attached hydrogen (secondary N) is 1. The lowest BCUT2D eigenvalue weighted by atomic mass is 10.2. The molecule has 6 heteroatoms. The Morgan fingerprint density at radius 3 is 2.77 bits per heavy atom. The summed E-state index contributed by atoms with van der Waals surface area (Å²) in [6.07, 6.45) is 1.79. The average molecular weight is 298 g/mol. The van der Waals surface area contributed by atoms with Crippen LogP contribution in [0.3, 0.4) is 0 Å². The number of benzene rings is 1. The Morgan fingerprint density at radius 1 is 1.14 bits per heavy atom. The fourth-order valence-corrected chi connectivity index (χ4v) is 2.62. The molecular formula is C16H15FN4O. The first kappa shape index (κ1) is 13.2. The normalized spacial score (nSPS) is 15.4. The van der Waals surface area contributed by atoms with Crippen LogP contribution in [0.25, 0.3) is 22.4 Å². The van der Waals surface area contributed by atoms with Crippen LogP contribution in [0.4, 0.5) is 10.2 Å². The lowest BCUT2D eigenvalue weighted by molar-refractivity contribution is 0.122. The molecule has 1 aromatic carbocycles. The van der Waals surface area contributed by atoms with E-state index in [1.54, 1.807) is 12.3 Å². The summed E-state index contributed by atoms with van der Waals surface area (Å²) in [5.74, 6) is 1.36. The van der Waals surface area contributed by atoms with Gasteiger partial charge in [0.05, 0.1) is 24.2 Å². The highest BCUT2D eigenvalue weighted by Crippen LogP contribution is 2.22. The lowest BCUT2D eigenvalue weighted by Gasteiger charge is -2.27. The Kier molecular flexibility index (Phi) is 3.23. The van der Waals surface area contributed by atoms with E-state index >= 15 is 0 Å². The summed E-state index contributed by atoms with van der Waals surface area (Å²) in [4.78, 5) is 14.3. The van der Waals surface area contributed by atoms with Gasteiger partial charge in [-0.3, -0.25) is 0 Å². The fourth-order valence-electron chi connectivity index (χ4n) is 2.62. The summed E-state index contributed by atoms with van der Waals surface area (Å²) in [5.41, 5.74) is 2.31. The number of hydrogen-bond donors (Lipinski definition) is 1. The largest absolute Gasteiger partial charge is 0.378 e. The van der Waals surface area contributed by atoms with Crippen molar-refractivity contribution in [2.75, 3.05) is 31.2 Å². The number of fused-ring (bicyclic) bond motifs is 1. The fraction of sp³-hybridized carbons (Fsp3) is 0.250. The van der Waals surface area contributed by atoms with Gasteiger partial charge in [-0.25, -0.2) is 14.4 Å². The van der Waals surface area contributed by atoms with Crippen LogP contribution in [0.15, 0.2) is 36.5 Å². The second-order valence-electron chi connectivity index (χ2n) is 5.25. The Balaban J connectivity index is 1.63. The zero-order valence-electron chi connectivity index (χ0n) is 11.9. The van der Waals surface area contributed by atoms with Crippen molar-refractivity contribution < 1.29 is 9.13 Å². The average Bonchev–Trinajstić information content (AvgIpc) is 2.99. The smallest absolute Gasteiger partial charge is 0.140 e. The Hall–Kier alpha value is -2.47. The van der Waals surface area contributed by atoms with Crippen LogP contribution in [0.2, 0.25) is 0 Å². The van der Waals surface area contributed by atoms with E-state index in [0.29, 0.717) is 11.3 Å². The van der Waals surface area contributed by atoms with Crippen molar-refractivity contribution in [3.05, 3.63) is 42.3 Å². The Bertz CT molecular complexity index is 794. The SMILES string of the molecule is Fc1ccc2nc(-c3ccc(N4CCOCC4)nc3)[nH]c2c1. The zero-order valence-corrected chi connectivity index (χ0v) is 11.9. The van der Waals surface area contributed by atoms with Crippen molar-refractivity contribution in [3.63, 3.8) is 0 Å². The first-order valence-corrected chi connectivity index (χ1v) is 7.24. The van der Waals surface area contributed by atoms with Crippen molar-refractivity contribution in [2.45, 2.75) is 0 Å². The Labute approximate surface area is 126 Å². The topological polar surface area (TPSA) is 54.0 Å². The van der Waals surface area contributed by atoms with Crippen LogP contribution >= 0.6 is 0 Å². The number of pyridine rings is 1. The number of anilines is 1. The molecule has 1 fully saturated rings. The summed E-state index contributed by atoms with van der Waals surface area (Å²) in [7, 11) is 0. The number of imidazole rings is 1. The zero-order chi connectivity index (χ0) is 14.9. The van der Waals surface area contributed by atoms with Gasteiger partial charge < -0.3 is 14.6 Å². The first-order valence-electron chi connectivity index (χ1n) is 7.24. The van der Waals surface area contributed by atoms with E-state index in [1.807, 2.05) is 12.1 Å². The van der Waals surface area contributed by atoms with E-state index in [4.69, 9.17) is 4.74 Å². The van der Waals surface area contributed by atoms with Crippen LogP contribution in [0.5, 0.6) is 0 Å². The summed E-state index contributed by atoms with van der Waals surface area (Å²) in [5, 5.41) is 0.